The normalized spacial score (nSPS) is 12.3. The molecule has 0 bridgehead atoms. The van der Waals surface area contributed by atoms with E-state index in [1.54, 1.807) is 11.8 Å². The maximum atomic E-state index is 13.3. The molecule has 1 atom stereocenters. The van der Waals surface area contributed by atoms with Crippen LogP contribution < -0.4 is 10.1 Å². The summed E-state index contributed by atoms with van der Waals surface area (Å²) in [6.07, 6.45) is 0. The van der Waals surface area contributed by atoms with Gasteiger partial charge in [0.15, 0.2) is 6.61 Å². The highest BCUT2D eigenvalue weighted by atomic mass is 79.9. The molecule has 0 saturated heterocycles. The van der Waals surface area contributed by atoms with Crippen molar-refractivity contribution in [3.8, 4) is 5.75 Å². The van der Waals surface area contributed by atoms with Crippen LogP contribution in [0.15, 0.2) is 71.2 Å². The van der Waals surface area contributed by atoms with Gasteiger partial charge < -0.3 is 15.0 Å². The van der Waals surface area contributed by atoms with E-state index in [0.717, 1.165) is 20.8 Å². The van der Waals surface area contributed by atoms with E-state index < -0.39 is 11.6 Å². The number of benzene rings is 3. The largest absolute Gasteiger partial charge is 0.483 e. The summed E-state index contributed by atoms with van der Waals surface area (Å²) >= 11 is 3.47. The number of nitrogens with one attached hydrogen (secondary N) is 1. The number of fused-ring (bicyclic) bond motifs is 1. The standard InChI is InChI=1S/C26H29BrN2O3/c1-18(25(31)28-26(2,3)4)29(16-19-9-7-12-21(27)15-19)24(30)17-32-23-14-8-11-20-10-5-6-13-22(20)23/h5-15,18H,16-17H2,1-4H3,(H,28,31). The number of rotatable bonds is 7. The average molecular weight is 497 g/mol. The Hall–Kier alpha value is -2.86. The van der Waals surface area contributed by atoms with E-state index >= 15 is 0 Å². The minimum Gasteiger partial charge on any atom is -0.483 e. The smallest absolute Gasteiger partial charge is 0.261 e. The average Bonchev–Trinajstić information content (AvgIpc) is 2.74. The number of carbonyl (C=O) groups is 2. The van der Waals surface area contributed by atoms with Gasteiger partial charge in [-0.3, -0.25) is 9.59 Å². The lowest BCUT2D eigenvalue weighted by molar-refractivity contribution is -0.142. The highest BCUT2D eigenvalue weighted by molar-refractivity contribution is 9.10. The zero-order chi connectivity index (χ0) is 23.3. The van der Waals surface area contributed by atoms with Gasteiger partial charge in [-0.2, -0.15) is 0 Å². The van der Waals surface area contributed by atoms with Crippen molar-refractivity contribution in [2.45, 2.75) is 45.8 Å². The quantitative estimate of drug-likeness (QED) is 0.481. The van der Waals surface area contributed by atoms with E-state index in [4.69, 9.17) is 4.74 Å². The first-order valence-electron chi connectivity index (χ1n) is 10.6. The van der Waals surface area contributed by atoms with E-state index in [9.17, 15) is 9.59 Å². The third-order valence-electron chi connectivity index (χ3n) is 5.01. The first kappa shape index (κ1) is 23.8. The topological polar surface area (TPSA) is 58.6 Å². The van der Waals surface area contributed by atoms with Crippen LogP contribution in [0.1, 0.15) is 33.3 Å². The van der Waals surface area contributed by atoms with Crippen molar-refractivity contribution >= 4 is 38.5 Å². The van der Waals surface area contributed by atoms with Gasteiger partial charge in [0, 0.05) is 21.9 Å². The second-order valence-electron chi connectivity index (χ2n) is 8.83. The SMILES string of the molecule is CC(C(=O)NC(C)(C)C)N(Cc1cccc(Br)c1)C(=O)COc1cccc2ccccc12. The van der Waals surface area contributed by atoms with Crippen molar-refractivity contribution in [2.24, 2.45) is 0 Å². The van der Waals surface area contributed by atoms with Gasteiger partial charge in [-0.1, -0.05) is 64.5 Å². The first-order valence-corrected chi connectivity index (χ1v) is 11.4. The molecule has 32 heavy (non-hydrogen) atoms. The molecule has 0 aliphatic rings. The third kappa shape index (κ3) is 6.33. The van der Waals surface area contributed by atoms with E-state index in [1.807, 2.05) is 87.5 Å². The molecule has 1 N–H and O–H groups in total. The Morgan fingerprint density at radius 3 is 2.44 bits per heavy atom. The van der Waals surface area contributed by atoms with Gasteiger partial charge in [-0.25, -0.2) is 0 Å². The highest BCUT2D eigenvalue weighted by Gasteiger charge is 2.28. The number of nitrogens with zero attached hydrogens (tertiary/aromatic N) is 1. The van der Waals surface area contributed by atoms with E-state index in [1.165, 1.54) is 0 Å². The van der Waals surface area contributed by atoms with E-state index in [0.29, 0.717) is 12.3 Å². The lowest BCUT2D eigenvalue weighted by atomic mass is 10.1. The number of hydrogen-bond acceptors (Lipinski definition) is 3. The van der Waals surface area contributed by atoms with Crippen LogP contribution in [0.25, 0.3) is 10.8 Å². The Morgan fingerprint density at radius 1 is 1.03 bits per heavy atom. The summed E-state index contributed by atoms with van der Waals surface area (Å²) in [5.41, 5.74) is 0.531. The molecular formula is C26H29BrN2O3. The van der Waals surface area contributed by atoms with Crippen molar-refractivity contribution in [2.75, 3.05) is 6.61 Å². The fraction of sp³-hybridized carbons (Fsp3) is 0.308. The molecule has 3 aromatic rings. The number of halogens is 1. The van der Waals surface area contributed by atoms with Crippen LogP contribution in [0.5, 0.6) is 5.75 Å². The van der Waals surface area contributed by atoms with Gasteiger partial charge in [0.1, 0.15) is 11.8 Å². The van der Waals surface area contributed by atoms with Crippen molar-refractivity contribution in [3.05, 3.63) is 76.8 Å². The Balaban J connectivity index is 1.81. The van der Waals surface area contributed by atoms with Crippen LogP contribution >= 0.6 is 15.9 Å². The second kappa shape index (κ2) is 10.2. The fourth-order valence-electron chi connectivity index (χ4n) is 3.43. The molecule has 6 heteroatoms. The van der Waals surface area contributed by atoms with Crippen molar-refractivity contribution in [1.82, 2.24) is 10.2 Å². The maximum Gasteiger partial charge on any atom is 0.261 e. The lowest BCUT2D eigenvalue weighted by Crippen LogP contribution is -2.53. The summed E-state index contributed by atoms with van der Waals surface area (Å²) in [6.45, 7) is 7.64. The molecule has 0 aromatic heterocycles. The van der Waals surface area contributed by atoms with E-state index in [-0.39, 0.29) is 18.4 Å². The molecule has 0 radical (unpaired) electrons. The molecule has 0 aliphatic carbocycles. The van der Waals surface area contributed by atoms with Crippen LogP contribution in [0.4, 0.5) is 0 Å². The summed E-state index contributed by atoms with van der Waals surface area (Å²) in [5, 5.41) is 4.95. The van der Waals surface area contributed by atoms with Crippen LogP contribution in [-0.2, 0) is 16.1 Å². The fourth-order valence-corrected chi connectivity index (χ4v) is 3.88. The summed E-state index contributed by atoms with van der Waals surface area (Å²) in [7, 11) is 0. The maximum absolute atomic E-state index is 13.3. The molecule has 0 heterocycles. The molecule has 3 aromatic carbocycles. The monoisotopic (exact) mass is 496 g/mol. The Kier molecular flexibility index (Phi) is 7.56. The molecule has 3 rings (SSSR count). The summed E-state index contributed by atoms with van der Waals surface area (Å²) in [5.74, 6) is 0.186. The highest BCUT2D eigenvalue weighted by Crippen LogP contribution is 2.25. The van der Waals surface area contributed by atoms with Gasteiger partial charge in [0.25, 0.3) is 5.91 Å². The minimum absolute atomic E-state index is 0.158. The molecule has 0 spiro atoms. The summed E-state index contributed by atoms with van der Waals surface area (Å²) in [6, 6.07) is 20.7. The lowest BCUT2D eigenvalue weighted by Gasteiger charge is -2.31. The second-order valence-corrected chi connectivity index (χ2v) is 9.75. The summed E-state index contributed by atoms with van der Waals surface area (Å²) < 4.78 is 6.84. The molecule has 2 amide bonds. The zero-order valence-corrected chi connectivity index (χ0v) is 20.5. The van der Waals surface area contributed by atoms with Crippen LogP contribution in [0.2, 0.25) is 0 Å². The van der Waals surface area contributed by atoms with Crippen molar-refractivity contribution in [1.29, 1.82) is 0 Å². The number of carbonyl (C=O) groups excluding carboxylic acids is 2. The van der Waals surface area contributed by atoms with Crippen LogP contribution in [0.3, 0.4) is 0 Å². The molecule has 0 saturated carbocycles. The molecule has 0 aliphatic heterocycles. The number of amides is 2. The molecule has 168 valence electrons. The van der Waals surface area contributed by atoms with Gasteiger partial charge in [-0.05, 0) is 56.8 Å². The Bertz CT molecular complexity index is 1100. The Labute approximate surface area is 197 Å². The summed E-state index contributed by atoms with van der Waals surface area (Å²) in [4.78, 5) is 27.7. The number of ether oxygens (including phenoxy) is 1. The van der Waals surface area contributed by atoms with Gasteiger partial charge in [-0.15, -0.1) is 0 Å². The zero-order valence-electron chi connectivity index (χ0n) is 18.9. The van der Waals surface area contributed by atoms with Gasteiger partial charge in [0.2, 0.25) is 5.91 Å². The molecule has 1 unspecified atom stereocenters. The van der Waals surface area contributed by atoms with Crippen molar-refractivity contribution in [3.63, 3.8) is 0 Å². The van der Waals surface area contributed by atoms with Gasteiger partial charge >= 0.3 is 0 Å². The molecule has 5 nitrogen and oxygen atoms in total. The molecular weight excluding hydrogens is 468 g/mol. The first-order chi connectivity index (χ1) is 15.1. The number of hydrogen-bond donors (Lipinski definition) is 1. The predicted octanol–water partition coefficient (Wildman–Crippen LogP) is 5.31. The molecule has 0 fully saturated rings. The predicted molar refractivity (Wildman–Crippen MR) is 131 cm³/mol. The van der Waals surface area contributed by atoms with Gasteiger partial charge in [0.05, 0.1) is 0 Å². The Morgan fingerprint density at radius 2 is 1.72 bits per heavy atom. The van der Waals surface area contributed by atoms with E-state index in [2.05, 4.69) is 21.2 Å². The van der Waals surface area contributed by atoms with Crippen LogP contribution in [-0.4, -0.2) is 34.9 Å². The van der Waals surface area contributed by atoms with Crippen molar-refractivity contribution < 1.29 is 14.3 Å². The van der Waals surface area contributed by atoms with Crippen LogP contribution in [0, 0.1) is 0 Å². The third-order valence-corrected chi connectivity index (χ3v) is 5.50. The minimum atomic E-state index is -0.656.